The molecule has 0 aliphatic carbocycles. The number of rotatable bonds is 2. The second-order valence-electron chi connectivity index (χ2n) is 4.58. The highest BCUT2D eigenvalue weighted by atomic mass is 32.2. The number of aromatic nitrogens is 2. The van der Waals surface area contributed by atoms with Crippen LogP contribution in [-0.4, -0.2) is 24.0 Å². The number of aryl methyl sites for hydroxylation is 1. The summed E-state index contributed by atoms with van der Waals surface area (Å²) >= 11 is 0. The fourth-order valence-corrected chi connectivity index (χ4v) is 4.43. The summed E-state index contributed by atoms with van der Waals surface area (Å²) in [6.07, 6.45) is 3.11. The van der Waals surface area contributed by atoms with Gasteiger partial charge in [-0.15, -0.1) is 0 Å². The molecule has 2 heterocycles. The molecule has 1 atom stereocenters. The van der Waals surface area contributed by atoms with Gasteiger partial charge in [-0.1, -0.05) is 13.3 Å². The fourth-order valence-electron chi connectivity index (χ4n) is 2.48. The first-order chi connectivity index (χ1) is 7.97. The molecular formula is C11H19N3O2S. The Kier molecular flexibility index (Phi) is 3.16. The molecule has 0 radical (unpaired) electrons. The number of hydrogen-bond donors (Lipinski definition) is 1. The molecule has 0 bridgehead atoms. The lowest BCUT2D eigenvalue weighted by Crippen LogP contribution is -2.23. The maximum atomic E-state index is 12.1. The van der Waals surface area contributed by atoms with Crippen molar-refractivity contribution in [1.82, 2.24) is 9.78 Å². The van der Waals surface area contributed by atoms with Crippen molar-refractivity contribution in [2.24, 2.45) is 7.05 Å². The van der Waals surface area contributed by atoms with Crippen LogP contribution in [0.4, 0.5) is 5.82 Å². The van der Waals surface area contributed by atoms with Gasteiger partial charge in [0.05, 0.1) is 11.4 Å². The molecule has 5 nitrogen and oxygen atoms in total. The van der Waals surface area contributed by atoms with Crippen molar-refractivity contribution in [1.29, 1.82) is 0 Å². The summed E-state index contributed by atoms with van der Waals surface area (Å²) in [7, 11) is -1.29. The largest absolute Gasteiger partial charge is 0.384 e. The first-order valence-corrected chi connectivity index (χ1v) is 7.71. The molecule has 2 N–H and O–H groups in total. The van der Waals surface area contributed by atoms with Gasteiger partial charge in [0.1, 0.15) is 11.1 Å². The average Bonchev–Trinajstić information content (AvgIpc) is 2.54. The van der Waals surface area contributed by atoms with Gasteiger partial charge in [0.15, 0.2) is 9.84 Å². The van der Waals surface area contributed by atoms with Crippen molar-refractivity contribution >= 4 is 15.7 Å². The molecule has 1 aliphatic heterocycles. The Hall–Kier alpha value is -1.04. The maximum absolute atomic E-state index is 12.1. The number of sulfone groups is 1. The molecule has 1 aromatic heterocycles. The topological polar surface area (TPSA) is 78.0 Å². The molecule has 6 heteroatoms. The number of nitrogens with zero attached hydrogens (tertiary/aromatic N) is 2. The molecular weight excluding hydrogens is 238 g/mol. The zero-order chi connectivity index (χ0) is 12.6. The summed E-state index contributed by atoms with van der Waals surface area (Å²) in [5.74, 6) is 0.861. The van der Waals surface area contributed by atoms with Gasteiger partial charge in [-0.3, -0.25) is 4.68 Å². The van der Waals surface area contributed by atoms with Crippen LogP contribution in [0.2, 0.25) is 0 Å². The highest BCUT2D eigenvalue weighted by Crippen LogP contribution is 2.36. The minimum Gasteiger partial charge on any atom is -0.384 e. The van der Waals surface area contributed by atoms with Crippen molar-refractivity contribution in [3.63, 3.8) is 0 Å². The van der Waals surface area contributed by atoms with Crippen LogP contribution in [0.15, 0.2) is 0 Å². The van der Waals surface area contributed by atoms with Crippen LogP contribution in [0.3, 0.4) is 0 Å². The highest BCUT2D eigenvalue weighted by Gasteiger charge is 2.34. The Balaban J connectivity index is 2.49. The lowest BCUT2D eigenvalue weighted by atomic mass is 10.1. The summed E-state index contributed by atoms with van der Waals surface area (Å²) in [6, 6.07) is 0. The zero-order valence-corrected chi connectivity index (χ0v) is 11.1. The van der Waals surface area contributed by atoms with Crippen LogP contribution in [-0.2, 0) is 23.3 Å². The molecule has 1 fully saturated rings. The Bertz CT molecular complexity index is 519. The Labute approximate surface area is 102 Å². The molecule has 0 spiro atoms. The molecule has 96 valence electrons. The minimum atomic E-state index is -3.04. The summed E-state index contributed by atoms with van der Waals surface area (Å²) in [5, 5.41) is 3.86. The van der Waals surface area contributed by atoms with Crippen molar-refractivity contribution in [3.8, 4) is 0 Å². The third-order valence-corrected chi connectivity index (χ3v) is 5.65. The normalized spacial score (nSPS) is 23.8. The highest BCUT2D eigenvalue weighted by molar-refractivity contribution is 7.91. The van der Waals surface area contributed by atoms with E-state index in [4.69, 9.17) is 5.73 Å². The number of nitrogens with two attached hydrogens (primary N) is 1. The summed E-state index contributed by atoms with van der Waals surface area (Å²) < 4.78 is 25.7. The van der Waals surface area contributed by atoms with Crippen molar-refractivity contribution in [2.75, 3.05) is 11.5 Å². The molecule has 0 saturated carbocycles. The Morgan fingerprint density at radius 2 is 2.18 bits per heavy atom. The summed E-state index contributed by atoms with van der Waals surface area (Å²) in [5.41, 5.74) is 7.48. The number of anilines is 1. The molecule has 1 saturated heterocycles. The third-order valence-electron chi connectivity index (χ3n) is 3.46. The molecule has 17 heavy (non-hydrogen) atoms. The number of hydrogen-bond acceptors (Lipinski definition) is 4. The zero-order valence-electron chi connectivity index (χ0n) is 10.3. The predicted octanol–water partition coefficient (Wildman–Crippen LogP) is 1.20. The van der Waals surface area contributed by atoms with Crippen LogP contribution in [0.5, 0.6) is 0 Å². The smallest absolute Gasteiger partial charge is 0.158 e. The molecule has 2 rings (SSSR count). The first kappa shape index (κ1) is 12.4. The van der Waals surface area contributed by atoms with E-state index in [9.17, 15) is 8.42 Å². The average molecular weight is 257 g/mol. The first-order valence-electron chi connectivity index (χ1n) is 6.00. The van der Waals surface area contributed by atoms with Gasteiger partial charge < -0.3 is 5.73 Å². The molecule has 1 unspecified atom stereocenters. The van der Waals surface area contributed by atoms with Crippen molar-refractivity contribution in [2.45, 2.75) is 37.9 Å². The fraction of sp³-hybridized carbons (Fsp3) is 0.727. The van der Waals surface area contributed by atoms with E-state index >= 15 is 0 Å². The van der Waals surface area contributed by atoms with Gasteiger partial charge in [-0.05, 0) is 19.3 Å². The standard InChI is InChI=1S/C11H19N3O2S/c1-3-8-10(13-14(2)11(8)12)9-6-4-5-7-17(9,15)16/h9H,3-7,12H2,1-2H3. The van der Waals surface area contributed by atoms with Crippen LogP contribution < -0.4 is 5.73 Å². The van der Waals surface area contributed by atoms with E-state index in [1.807, 2.05) is 6.92 Å². The van der Waals surface area contributed by atoms with E-state index in [2.05, 4.69) is 5.10 Å². The van der Waals surface area contributed by atoms with Gasteiger partial charge in [0, 0.05) is 12.6 Å². The second-order valence-corrected chi connectivity index (χ2v) is 6.88. The molecule has 1 aromatic rings. The third kappa shape index (κ3) is 2.06. The van der Waals surface area contributed by atoms with Gasteiger partial charge in [-0.2, -0.15) is 5.10 Å². The molecule has 0 aromatic carbocycles. The molecule has 1 aliphatic rings. The Morgan fingerprint density at radius 1 is 1.47 bits per heavy atom. The van der Waals surface area contributed by atoms with Crippen LogP contribution in [0.25, 0.3) is 0 Å². The maximum Gasteiger partial charge on any atom is 0.158 e. The summed E-state index contributed by atoms with van der Waals surface area (Å²) in [4.78, 5) is 0. The van der Waals surface area contributed by atoms with Gasteiger partial charge >= 0.3 is 0 Å². The summed E-state index contributed by atoms with van der Waals surface area (Å²) in [6.45, 7) is 1.98. The molecule has 0 amide bonds. The quantitative estimate of drug-likeness (QED) is 0.863. The monoisotopic (exact) mass is 257 g/mol. The van der Waals surface area contributed by atoms with E-state index in [0.29, 0.717) is 17.9 Å². The predicted molar refractivity (Wildman–Crippen MR) is 67.4 cm³/mol. The van der Waals surface area contributed by atoms with Crippen LogP contribution in [0, 0.1) is 0 Å². The van der Waals surface area contributed by atoms with Gasteiger partial charge in [0.2, 0.25) is 0 Å². The van der Waals surface area contributed by atoms with E-state index in [1.165, 1.54) is 0 Å². The van der Waals surface area contributed by atoms with Crippen molar-refractivity contribution in [3.05, 3.63) is 11.3 Å². The van der Waals surface area contributed by atoms with Gasteiger partial charge in [-0.25, -0.2) is 8.42 Å². The van der Waals surface area contributed by atoms with Crippen molar-refractivity contribution < 1.29 is 8.42 Å². The van der Waals surface area contributed by atoms with E-state index in [-0.39, 0.29) is 5.75 Å². The number of nitrogen functional groups attached to an aromatic ring is 1. The lowest BCUT2D eigenvalue weighted by molar-refractivity contribution is 0.539. The van der Waals surface area contributed by atoms with Crippen LogP contribution >= 0.6 is 0 Å². The SMILES string of the molecule is CCc1c(C2CCCCS2(=O)=O)nn(C)c1N. The minimum absolute atomic E-state index is 0.275. The second kappa shape index (κ2) is 4.33. The van der Waals surface area contributed by atoms with Gasteiger partial charge in [0.25, 0.3) is 0 Å². The van der Waals surface area contributed by atoms with E-state index in [0.717, 1.165) is 24.8 Å². The lowest BCUT2D eigenvalue weighted by Gasteiger charge is -2.21. The Morgan fingerprint density at radius 3 is 2.76 bits per heavy atom. The van der Waals surface area contributed by atoms with Crippen LogP contribution in [0.1, 0.15) is 42.7 Å². The van der Waals surface area contributed by atoms with E-state index in [1.54, 1.807) is 11.7 Å². The van der Waals surface area contributed by atoms with E-state index < -0.39 is 15.1 Å².